The fraction of sp³-hybridized carbons (Fsp3) is 0.500. The Morgan fingerprint density at radius 1 is 1.41 bits per heavy atom. The summed E-state index contributed by atoms with van der Waals surface area (Å²) in [6, 6.07) is 6.24. The van der Waals surface area contributed by atoms with E-state index < -0.39 is 36.7 Å². The first-order valence-electron chi connectivity index (χ1n) is 6.71. The van der Waals surface area contributed by atoms with Crippen molar-refractivity contribution in [2.75, 3.05) is 25.6 Å². The molecular formula is C14H19NO7. The van der Waals surface area contributed by atoms with Crippen LogP contribution in [0.1, 0.15) is 10.4 Å². The van der Waals surface area contributed by atoms with Gasteiger partial charge in [0.15, 0.2) is 0 Å². The van der Waals surface area contributed by atoms with Gasteiger partial charge in [0.25, 0.3) is 0 Å². The number of aromatic carboxylic acids is 1. The molecule has 0 aliphatic carbocycles. The highest BCUT2D eigenvalue weighted by Gasteiger charge is 2.54. The average Bonchev–Trinajstić information content (AvgIpc) is 2.78. The molecule has 8 heteroatoms. The molecule has 0 spiro atoms. The Hall–Kier alpha value is -1.71. The van der Waals surface area contributed by atoms with Crippen molar-refractivity contribution >= 4 is 11.7 Å². The maximum Gasteiger partial charge on any atom is 0.337 e. The number of benzene rings is 1. The summed E-state index contributed by atoms with van der Waals surface area (Å²) in [5, 5.41) is 41.0. The fourth-order valence-electron chi connectivity index (χ4n) is 2.43. The summed E-state index contributed by atoms with van der Waals surface area (Å²) in [7, 11) is 1.29. The monoisotopic (exact) mass is 313 g/mol. The first-order valence-corrected chi connectivity index (χ1v) is 6.71. The lowest BCUT2D eigenvalue weighted by molar-refractivity contribution is -0.238. The summed E-state index contributed by atoms with van der Waals surface area (Å²) in [6.07, 6.45) is -3.67. The highest BCUT2D eigenvalue weighted by atomic mass is 16.7. The minimum absolute atomic E-state index is 0.0560. The zero-order valence-electron chi connectivity index (χ0n) is 12.0. The van der Waals surface area contributed by atoms with E-state index in [0.29, 0.717) is 5.69 Å². The van der Waals surface area contributed by atoms with Crippen molar-refractivity contribution in [2.24, 2.45) is 0 Å². The van der Waals surface area contributed by atoms with Crippen LogP contribution in [0, 0.1) is 0 Å². The molecule has 1 aliphatic heterocycles. The Labute approximate surface area is 126 Å². The molecule has 1 aliphatic rings. The van der Waals surface area contributed by atoms with E-state index in [0.717, 1.165) is 0 Å². The summed E-state index contributed by atoms with van der Waals surface area (Å²) in [5.41, 5.74) is 0.379. The number of aliphatic hydroxyl groups excluding tert-OH is 3. The number of carbonyl (C=O) groups is 1. The molecule has 2 rings (SSSR count). The number of ether oxygens (including phenoxy) is 2. The lowest BCUT2D eigenvalue weighted by Gasteiger charge is -2.31. The van der Waals surface area contributed by atoms with Gasteiger partial charge < -0.3 is 35.2 Å². The highest BCUT2D eigenvalue weighted by Crippen LogP contribution is 2.32. The van der Waals surface area contributed by atoms with Crippen LogP contribution in [0.2, 0.25) is 0 Å². The van der Waals surface area contributed by atoms with Gasteiger partial charge in [-0.3, -0.25) is 0 Å². The van der Waals surface area contributed by atoms with Crippen LogP contribution in [-0.2, 0) is 9.47 Å². The maximum atomic E-state index is 11.2. The van der Waals surface area contributed by atoms with E-state index in [1.807, 2.05) is 0 Å². The van der Waals surface area contributed by atoms with Gasteiger partial charge in [-0.25, -0.2) is 4.79 Å². The minimum atomic E-state index is -1.58. The van der Waals surface area contributed by atoms with Crippen molar-refractivity contribution in [2.45, 2.75) is 24.1 Å². The van der Waals surface area contributed by atoms with E-state index in [-0.39, 0.29) is 12.1 Å². The van der Waals surface area contributed by atoms with Gasteiger partial charge in [0, 0.05) is 12.8 Å². The summed E-state index contributed by atoms with van der Waals surface area (Å²) in [5.74, 6) is -2.69. The topological polar surface area (TPSA) is 128 Å². The molecule has 1 aromatic carbocycles. The highest BCUT2D eigenvalue weighted by molar-refractivity contribution is 5.94. The van der Waals surface area contributed by atoms with Gasteiger partial charge in [0.1, 0.15) is 18.3 Å². The Morgan fingerprint density at radius 3 is 2.64 bits per heavy atom. The molecule has 22 heavy (non-hydrogen) atoms. The predicted molar refractivity (Wildman–Crippen MR) is 75.6 cm³/mol. The molecule has 122 valence electrons. The molecule has 8 nitrogen and oxygen atoms in total. The normalized spacial score (nSPS) is 31.2. The van der Waals surface area contributed by atoms with Gasteiger partial charge in [0.05, 0.1) is 18.7 Å². The van der Waals surface area contributed by atoms with Crippen LogP contribution in [0.4, 0.5) is 5.69 Å². The lowest BCUT2D eigenvalue weighted by atomic mass is 10.0. The third-order valence-electron chi connectivity index (χ3n) is 3.71. The summed E-state index contributed by atoms with van der Waals surface area (Å²) >= 11 is 0. The lowest BCUT2D eigenvalue weighted by Crippen LogP contribution is -2.50. The molecule has 5 N–H and O–H groups in total. The number of carboxylic acids is 1. The molecule has 1 saturated heterocycles. The molecule has 0 aromatic heterocycles. The number of anilines is 1. The standard InChI is InChI=1S/C14H19NO7/c1-21-14(12(18)11(17)10(6-16)22-14)7-15-9-5-3-2-4-8(9)13(19)20/h2-5,10-12,15-18H,6-7H2,1H3,(H,19,20)/t10-,11-,12+,14-/m1/s1. The SMILES string of the molecule is CO[C@]1(CNc2ccccc2C(=O)O)O[C@H](CO)[C@@H](O)[C@@H]1O. The van der Waals surface area contributed by atoms with Gasteiger partial charge in [-0.05, 0) is 12.1 Å². The Balaban J connectivity index is 2.17. The van der Waals surface area contributed by atoms with Gasteiger partial charge >= 0.3 is 5.97 Å². The number of carboxylic acid groups (broad SMARTS) is 1. The quantitative estimate of drug-likeness (QED) is 0.464. The van der Waals surface area contributed by atoms with Crippen LogP contribution >= 0.6 is 0 Å². The van der Waals surface area contributed by atoms with Gasteiger partial charge in [-0.2, -0.15) is 0 Å². The van der Waals surface area contributed by atoms with Crippen LogP contribution in [0.15, 0.2) is 24.3 Å². The Bertz CT molecular complexity index is 538. The molecule has 0 saturated carbocycles. The average molecular weight is 313 g/mol. The first-order chi connectivity index (χ1) is 10.4. The maximum absolute atomic E-state index is 11.2. The van der Waals surface area contributed by atoms with Crippen LogP contribution in [0.5, 0.6) is 0 Å². The summed E-state index contributed by atoms with van der Waals surface area (Å²) < 4.78 is 10.6. The fourth-order valence-corrected chi connectivity index (χ4v) is 2.43. The summed E-state index contributed by atoms with van der Waals surface area (Å²) in [4.78, 5) is 11.2. The second-order valence-electron chi connectivity index (χ2n) is 4.99. The van der Waals surface area contributed by atoms with Crippen molar-refractivity contribution < 1.29 is 34.7 Å². The van der Waals surface area contributed by atoms with E-state index in [1.54, 1.807) is 18.2 Å². The second-order valence-corrected chi connectivity index (χ2v) is 4.99. The van der Waals surface area contributed by atoms with Crippen molar-refractivity contribution in [1.29, 1.82) is 0 Å². The van der Waals surface area contributed by atoms with Crippen molar-refractivity contribution in [1.82, 2.24) is 0 Å². The third kappa shape index (κ3) is 2.92. The molecule has 0 radical (unpaired) electrons. The molecular weight excluding hydrogens is 294 g/mol. The van der Waals surface area contributed by atoms with Crippen LogP contribution in [0.25, 0.3) is 0 Å². The van der Waals surface area contributed by atoms with E-state index >= 15 is 0 Å². The zero-order valence-corrected chi connectivity index (χ0v) is 12.0. The predicted octanol–water partition coefficient (Wildman–Crippen LogP) is -0.748. The van der Waals surface area contributed by atoms with E-state index in [4.69, 9.17) is 19.7 Å². The molecule has 1 aromatic rings. The van der Waals surface area contributed by atoms with E-state index in [2.05, 4.69) is 5.32 Å². The smallest absolute Gasteiger partial charge is 0.337 e. The number of nitrogens with one attached hydrogen (secondary N) is 1. The zero-order chi connectivity index (χ0) is 16.3. The molecule has 0 bridgehead atoms. The van der Waals surface area contributed by atoms with Gasteiger partial charge in [-0.15, -0.1) is 0 Å². The van der Waals surface area contributed by atoms with E-state index in [1.165, 1.54) is 13.2 Å². The largest absolute Gasteiger partial charge is 0.478 e. The number of aliphatic hydroxyl groups is 3. The van der Waals surface area contributed by atoms with Crippen molar-refractivity contribution in [3.05, 3.63) is 29.8 Å². The van der Waals surface area contributed by atoms with Crippen LogP contribution in [-0.4, -0.2) is 70.8 Å². The van der Waals surface area contributed by atoms with Crippen molar-refractivity contribution in [3.63, 3.8) is 0 Å². The number of methoxy groups -OCH3 is 1. The number of hydrogen-bond acceptors (Lipinski definition) is 7. The van der Waals surface area contributed by atoms with Crippen LogP contribution in [0.3, 0.4) is 0 Å². The molecule has 4 atom stereocenters. The van der Waals surface area contributed by atoms with Crippen molar-refractivity contribution in [3.8, 4) is 0 Å². The van der Waals surface area contributed by atoms with Gasteiger partial charge in [0.2, 0.25) is 5.79 Å². The first kappa shape index (κ1) is 16.7. The third-order valence-corrected chi connectivity index (χ3v) is 3.71. The molecule has 1 heterocycles. The molecule has 0 unspecified atom stereocenters. The minimum Gasteiger partial charge on any atom is -0.478 e. The Kier molecular flexibility index (Phi) is 4.99. The van der Waals surface area contributed by atoms with E-state index in [9.17, 15) is 15.0 Å². The molecule has 1 fully saturated rings. The second kappa shape index (κ2) is 6.59. The number of rotatable bonds is 6. The Morgan fingerprint density at radius 2 is 2.09 bits per heavy atom. The number of hydrogen-bond donors (Lipinski definition) is 5. The molecule has 0 amide bonds. The van der Waals surface area contributed by atoms with Gasteiger partial charge in [-0.1, -0.05) is 12.1 Å². The number of para-hydroxylation sites is 1. The summed E-state index contributed by atoms with van der Waals surface area (Å²) in [6.45, 7) is -0.586. The van der Waals surface area contributed by atoms with Crippen LogP contribution < -0.4 is 5.32 Å².